The van der Waals surface area contributed by atoms with Crippen molar-refractivity contribution in [2.75, 3.05) is 0 Å². The van der Waals surface area contributed by atoms with E-state index in [4.69, 9.17) is 0 Å². The molecule has 0 radical (unpaired) electrons. The van der Waals surface area contributed by atoms with Crippen LogP contribution in [0.4, 0.5) is 0 Å². The highest BCUT2D eigenvalue weighted by Crippen LogP contribution is 2.72. The fourth-order valence-electron chi connectivity index (χ4n) is 28.1. The lowest BCUT2D eigenvalue weighted by atomic mass is 9.46. The monoisotopic (exact) mass is 1670 g/mol. The first-order chi connectivity index (χ1) is 56.2. The number of rotatable bonds is 0. The van der Waals surface area contributed by atoms with E-state index in [1.165, 1.54) is 152 Å². The molecular weight excluding hydrogens is 1430 g/mol. The van der Waals surface area contributed by atoms with Crippen LogP contribution >= 0.6 is 0 Å². The van der Waals surface area contributed by atoms with Crippen molar-refractivity contribution >= 4 is 0 Å². The molecular formula is C119H240. The molecule has 18 saturated carbocycles. The predicted octanol–water partition coefficient (Wildman–Crippen LogP) is 42.4. The van der Waals surface area contributed by atoms with Crippen LogP contribution in [0.3, 0.4) is 0 Å². The van der Waals surface area contributed by atoms with Gasteiger partial charge in [-0.05, 0) is 365 Å². The zero-order chi connectivity index (χ0) is 93.0. The van der Waals surface area contributed by atoms with Gasteiger partial charge >= 0.3 is 0 Å². The molecule has 0 spiro atoms. The van der Waals surface area contributed by atoms with Crippen LogP contribution in [0.1, 0.15) is 569 Å². The Morgan fingerprint density at radius 1 is 0.235 bits per heavy atom. The van der Waals surface area contributed by atoms with E-state index < -0.39 is 0 Å². The third-order valence-corrected chi connectivity index (χ3v) is 33.0. The molecule has 0 amide bonds. The van der Waals surface area contributed by atoms with Crippen LogP contribution in [-0.2, 0) is 0 Å². The SMILES string of the molecule is CC.CC.CC.CC.CC.CC.CC.CC.CC.CC.CC.CC.CC(C)(C)C.CC1(C)C2CC3CC(C2)CC1C3.CC1(C)C=CCC1.CC1(C)C=CCCC1.CC1(C)CC2CC1C1C3CCC(C3)C21.CC1(C)CC2CC1C1CCCC21.CC1(C)CC2CC1C1CCCCC21.CC1(C)CC2CCC1C2.CC1(C)CCCC1.CC1(C)CCCCC1. The Labute approximate surface area is 760 Å². The van der Waals surface area contributed by atoms with E-state index in [0.717, 1.165) is 88.8 Å². The summed E-state index contributed by atoms with van der Waals surface area (Å²) in [5.41, 5.74) is 6.41. The van der Waals surface area contributed by atoms with Crippen LogP contribution in [0.2, 0.25) is 0 Å². The summed E-state index contributed by atoms with van der Waals surface area (Å²) in [5, 5.41) is 0. The van der Waals surface area contributed by atoms with Crippen molar-refractivity contribution in [2.45, 2.75) is 569 Å². The van der Waals surface area contributed by atoms with Crippen LogP contribution in [0.5, 0.6) is 0 Å². The summed E-state index contributed by atoms with van der Waals surface area (Å²) in [6.45, 7) is 100. The van der Waals surface area contributed by atoms with Gasteiger partial charge in [-0.1, -0.05) is 401 Å². The average molecular weight is 1670 g/mol. The molecule has 0 heteroatoms. The molecule has 0 N–H and O–H groups in total. The van der Waals surface area contributed by atoms with Crippen molar-refractivity contribution in [3.63, 3.8) is 0 Å². The lowest BCUT2D eigenvalue weighted by molar-refractivity contribution is -0.0876. The van der Waals surface area contributed by atoms with Gasteiger partial charge in [0.25, 0.3) is 0 Å². The van der Waals surface area contributed by atoms with Gasteiger partial charge < -0.3 is 0 Å². The number of fused-ring (bicyclic) bond motifs is 21. The molecule has 0 saturated heterocycles. The lowest BCUT2D eigenvalue weighted by Crippen LogP contribution is -2.49. The van der Waals surface area contributed by atoms with Gasteiger partial charge in [-0.2, -0.15) is 0 Å². The molecule has 716 valence electrons. The molecule has 0 aliphatic heterocycles. The Morgan fingerprint density at radius 3 is 0.874 bits per heavy atom. The predicted molar refractivity (Wildman–Crippen MR) is 553 cm³/mol. The Morgan fingerprint density at radius 2 is 0.571 bits per heavy atom. The van der Waals surface area contributed by atoms with Crippen molar-refractivity contribution in [3.05, 3.63) is 24.3 Å². The minimum Gasteiger partial charge on any atom is -0.0880 e. The molecule has 0 aromatic heterocycles. The van der Waals surface area contributed by atoms with Gasteiger partial charge in [0.05, 0.1) is 0 Å². The second-order valence-corrected chi connectivity index (χ2v) is 46.7. The van der Waals surface area contributed by atoms with Gasteiger partial charge in [-0.3, -0.25) is 0 Å². The summed E-state index contributed by atoms with van der Waals surface area (Å²) < 4.78 is 0. The Bertz CT molecular complexity index is 2390. The van der Waals surface area contributed by atoms with Gasteiger partial charge in [0, 0.05) is 0 Å². The van der Waals surface area contributed by atoms with Gasteiger partial charge in [0.1, 0.15) is 0 Å². The fraction of sp³-hybridized carbons (Fsp3) is 0.966. The maximum atomic E-state index is 2.54. The van der Waals surface area contributed by atoms with E-state index in [9.17, 15) is 0 Å². The molecule has 20 aliphatic rings. The summed E-state index contributed by atoms with van der Waals surface area (Å²) in [5.74, 6) is 22.8. The van der Waals surface area contributed by atoms with E-state index in [2.05, 4.69) is 177 Å². The summed E-state index contributed by atoms with van der Waals surface area (Å²) >= 11 is 0. The minimum atomic E-state index is 0.498. The first-order valence-electron chi connectivity index (χ1n) is 55.6. The standard InChI is InChI=1S/C14H22.C13H22.2C12H20.C9H16.C8H16.C8H14.C7H14.C7H12.C5H12.12C2H6/c1-14(2)7-10-6-11(14)13-9-4-3-8(5-9)12(10)13;1-13(2)8-9-7-12(13)11-6-4-3-5-10(9)11;1-12(2)10-4-8-3-9(6-10)7-11(12)5-8;1-12(2)7-8-6-11(12)10-5-3-4-9(8)10;1-9(2)6-7-3-4-8(9)5-7;2*1-8(2)6-4-3-5-7-8;2*1-7(2)5-3-4-6-7;1-5(2,3)4;12*1-2/h8-13H,3-7H2,1-2H3;9-12H,3-8H2,1-2H3;2*8-11H,3-7H2,1-2H3;7-8H,3-6H2,1-2H3;3-7H2,1-2H3;4,6H,3,5,7H2,1-2H3;3-6H2,1-2H3;3,5H,4,6H2,1-2H3;1-4H3;12*1-2H3. The Balaban J connectivity index is -0.00000123. The molecule has 20 rings (SSSR count). The molecule has 0 aromatic rings. The van der Waals surface area contributed by atoms with E-state index in [0.29, 0.717) is 54.1 Å². The van der Waals surface area contributed by atoms with Crippen molar-refractivity contribution in [3.8, 4) is 0 Å². The number of allylic oxidation sites excluding steroid dienone is 4. The highest BCUT2D eigenvalue weighted by Gasteiger charge is 2.64. The first kappa shape index (κ1) is 123. The van der Waals surface area contributed by atoms with Crippen molar-refractivity contribution in [1.29, 1.82) is 0 Å². The fourth-order valence-corrected chi connectivity index (χ4v) is 28.1. The third kappa shape index (κ3) is 39.0. The average Bonchev–Trinajstić information content (AvgIpc) is 1.53. The quantitative estimate of drug-likeness (QED) is 0.168. The highest BCUT2D eigenvalue weighted by molar-refractivity contribution is 5.14. The number of hydrogen-bond acceptors (Lipinski definition) is 0. The molecule has 119 heavy (non-hydrogen) atoms. The summed E-state index contributed by atoms with van der Waals surface area (Å²) in [4.78, 5) is 0. The first-order valence-corrected chi connectivity index (χ1v) is 55.6. The maximum Gasteiger partial charge on any atom is -0.0172 e. The van der Waals surface area contributed by atoms with E-state index in [1.54, 1.807) is 128 Å². The van der Waals surface area contributed by atoms with E-state index in [-0.39, 0.29) is 0 Å². The van der Waals surface area contributed by atoms with Crippen LogP contribution in [0, 0.1) is 173 Å². The molecule has 20 aliphatic carbocycles. The van der Waals surface area contributed by atoms with Gasteiger partial charge in [-0.25, -0.2) is 0 Å². The molecule has 16 unspecified atom stereocenters. The van der Waals surface area contributed by atoms with Crippen LogP contribution < -0.4 is 0 Å². The van der Waals surface area contributed by atoms with Crippen molar-refractivity contribution < 1.29 is 0 Å². The zero-order valence-electron chi connectivity index (χ0n) is 92.4. The molecule has 18 fully saturated rings. The zero-order valence-corrected chi connectivity index (χ0v) is 92.4. The largest absolute Gasteiger partial charge is 0.0880 e. The second kappa shape index (κ2) is 60.4. The van der Waals surface area contributed by atoms with Crippen molar-refractivity contribution in [1.82, 2.24) is 0 Å². The van der Waals surface area contributed by atoms with Crippen LogP contribution in [0.25, 0.3) is 0 Å². The Kier molecular flexibility index (Phi) is 62.2. The van der Waals surface area contributed by atoms with Crippen molar-refractivity contribution in [2.24, 2.45) is 173 Å². The molecule has 14 bridgehead atoms. The minimum absolute atomic E-state index is 0.498. The summed E-state index contributed by atoms with van der Waals surface area (Å²) in [7, 11) is 0. The Hall–Kier alpha value is -0.520. The van der Waals surface area contributed by atoms with Gasteiger partial charge in [0.15, 0.2) is 0 Å². The number of hydrogen-bond donors (Lipinski definition) is 0. The van der Waals surface area contributed by atoms with E-state index >= 15 is 0 Å². The molecule has 0 aromatic carbocycles. The summed E-state index contributed by atoms with van der Waals surface area (Å²) in [6, 6.07) is 0. The smallest absolute Gasteiger partial charge is 0.0172 e. The van der Waals surface area contributed by atoms with Crippen LogP contribution in [-0.4, -0.2) is 0 Å². The topological polar surface area (TPSA) is 0 Å². The van der Waals surface area contributed by atoms with Gasteiger partial charge in [0.2, 0.25) is 0 Å². The van der Waals surface area contributed by atoms with E-state index in [1.807, 2.05) is 166 Å². The second-order valence-electron chi connectivity index (χ2n) is 46.7. The summed E-state index contributed by atoms with van der Waals surface area (Å²) in [6.07, 6.45) is 68.1. The van der Waals surface area contributed by atoms with Crippen LogP contribution in [0.15, 0.2) is 24.3 Å². The molecule has 0 heterocycles. The molecule has 0 nitrogen and oxygen atoms in total. The lowest BCUT2D eigenvalue weighted by Gasteiger charge is -2.59. The highest BCUT2D eigenvalue weighted by atomic mass is 14.7. The molecule has 16 atom stereocenters. The normalized spacial score (nSPS) is 35.4. The third-order valence-electron chi connectivity index (χ3n) is 33.0. The van der Waals surface area contributed by atoms with Gasteiger partial charge in [-0.15, -0.1) is 0 Å². The maximum absolute atomic E-state index is 2.54.